The molecule has 2 aromatic rings. The van der Waals surface area contributed by atoms with Crippen molar-refractivity contribution in [3.05, 3.63) is 65.7 Å². The minimum absolute atomic E-state index is 0.413. The van der Waals surface area contributed by atoms with Crippen LogP contribution in [0.1, 0.15) is 11.1 Å². The van der Waals surface area contributed by atoms with E-state index in [0.717, 1.165) is 28.9 Å². The van der Waals surface area contributed by atoms with Gasteiger partial charge < -0.3 is 9.47 Å². The van der Waals surface area contributed by atoms with Gasteiger partial charge in [-0.3, -0.25) is 4.79 Å². The Hall–Kier alpha value is -2.55. The Bertz CT molecular complexity index is 603. The van der Waals surface area contributed by atoms with Crippen molar-refractivity contribution in [3.8, 4) is 11.5 Å². The lowest BCUT2D eigenvalue weighted by atomic mass is 10.2. The first kappa shape index (κ1) is 13.9. The average Bonchev–Trinajstić information content (AvgIpc) is 2.52. The van der Waals surface area contributed by atoms with Gasteiger partial charge in [-0.15, -0.1) is 0 Å². The molecule has 102 valence electrons. The van der Waals surface area contributed by atoms with Crippen molar-refractivity contribution in [1.29, 1.82) is 0 Å². The van der Waals surface area contributed by atoms with Crippen molar-refractivity contribution >= 4 is 12.4 Å². The van der Waals surface area contributed by atoms with Gasteiger partial charge in [0.05, 0.1) is 7.11 Å². The summed E-state index contributed by atoms with van der Waals surface area (Å²) in [6, 6.07) is 15.3. The molecule has 0 unspecified atom stereocenters. The van der Waals surface area contributed by atoms with Gasteiger partial charge in [0.1, 0.15) is 24.4 Å². The summed E-state index contributed by atoms with van der Waals surface area (Å²) in [7, 11) is 1.64. The van der Waals surface area contributed by atoms with Crippen molar-refractivity contribution in [2.75, 3.05) is 7.11 Å². The number of allylic oxidation sites excluding steroid dienone is 1. The zero-order valence-corrected chi connectivity index (χ0v) is 11.3. The maximum absolute atomic E-state index is 10.4. The van der Waals surface area contributed by atoms with Crippen molar-refractivity contribution in [1.82, 2.24) is 0 Å². The van der Waals surface area contributed by atoms with Crippen LogP contribution in [0.5, 0.6) is 11.5 Å². The molecule has 0 saturated heterocycles. The highest BCUT2D eigenvalue weighted by atomic mass is 16.5. The van der Waals surface area contributed by atoms with E-state index in [2.05, 4.69) is 0 Å². The molecule has 0 fully saturated rings. The van der Waals surface area contributed by atoms with Crippen LogP contribution in [0.3, 0.4) is 0 Å². The maximum Gasteiger partial charge on any atom is 0.142 e. The first-order valence-corrected chi connectivity index (χ1v) is 6.30. The number of methoxy groups -OCH3 is 1. The molecule has 0 radical (unpaired) electrons. The Morgan fingerprint density at radius 3 is 2.45 bits per heavy atom. The van der Waals surface area contributed by atoms with Gasteiger partial charge in [0.15, 0.2) is 0 Å². The summed E-state index contributed by atoms with van der Waals surface area (Å²) in [5, 5.41) is 0. The summed E-state index contributed by atoms with van der Waals surface area (Å²) in [6.07, 6.45) is 3.92. The smallest absolute Gasteiger partial charge is 0.142 e. The van der Waals surface area contributed by atoms with Crippen LogP contribution in [0.4, 0.5) is 0 Å². The molecule has 0 saturated carbocycles. The second-order valence-corrected chi connectivity index (χ2v) is 4.13. The number of hydrogen-bond acceptors (Lipinski definition) is 3. The van der Waals surface area contributed by atoms with E-state index in [0.29, 0.717) is 6.61 Å². The van der Waals surface area contributed by atoms with Crippen molar-refractivity contribution in [2.24, 2.45) is 0 Å². The molecule has 3 heteroatoms. The Morgan fingerprint density at radius 2 is 1.70 bits per heavy atom. The van der Waals surface area contributed by atoms with E-state index in [9.17, 15) is 4.79 Å². The standard InChI is InChI=1S/C17H16O3/c1-19-16-10-4-3-8-15(16)13-20-17-11-5-2-7-14(17)9-6-12-18/h2-12H,13H2,1H3. The van der Waals surface area contributed by atoms with Crippen LogP contribution in [0.2, 0.25) is 0 Å². The molecule has 2 rings (SSSR count). The van der Waals surface area contributed by atoms with E-state index >= 15 is 0 Å². The molecule has 0 aliphatic rings. The fraction of sp³-hybridized carbons (Fsp3) is 0.118. The number of aldehydes is 1. The molecule has 0 bridgehead atoms. The average molecular weight is 268 g/mol. The molecular formula is C17H16O3. The van der Waals surface area contributed by atoms with Crippen LogP contribution in [0, 0.1) is 0 Å². The fourth-order valence-electron chi connectivity index (χ4n) is 1.87. The summed E-state index contributed by atoms with van der Waals surface area (Å²) in [6.45, 7) is 0.413. The van der Waals surface area contributed by atoms with E-state index in [4.69, 9.17) is 9.47 Å². The number of carbonyl (C=O) groups excluding carboxylic acids is 1. The van der Waals surface area contributed by atoms with Crippen LogP contribution in [0.15, 0.2) is 54.6 Å². The Morgan fingerprint density at radius 1 is 1.00 bits per heavy atom. The van der Waals surface area contributed by atoms with Crippen LogP contribution in [0.25, 0.3) is 6.08 Å². The number of para-hydroxylation sites is 2. The van der Waals surface area contributed by atoms with E-state index in [-0.39, 0.29) is 0 Å². The van der Waals surface area contributed by atoms with Gasteiger partial charge in [-0.05, 0) is 24.3 Å². The second kappa shape index (κ2) is 7.14. The van der Waals surface area contributed by atoms with Crippen LogP contribution >= 0.6 is 0 Å². The van der Waals surface area contributed by atoms with Gasteiger partial charge in [-0.2, -0.15) is 0 Å². The molecule has 0 N–H and O–H groups in total. The highest BCUT2D eigenvalue weighted by Crippen LogP contribution is 2.23. The lowest BCUT2D eigenvalue weighted by Gasteiger charge is -2.11. The minimum atomic E-state index is 0.413. The fourth-order valence-corrected chi connectivity index (χ4v) is 1.87. The largest absolute Gasteiger partial charge is 0.496 e. The lowest BCUT2D eigenvalue weighted by molar-refractivity contribution is -0.104. The molecule has 0 aliphatic carbocycles. The Kier molecular flexibility index (Phi) is 4.95. The monoisotopic (exact) mass is 268 g/mol. The normalized spacial score (nSPS) is 10.4. The zero-order valence-electron chi connectivity index (χ0n) is 11.3. The van der Waals surface area contributed by atoms with Crippen LogP contribution < -0.4 is 9.47 Å². The number of carbonyl (C=O) groups is 1. The molecule has 2 aromatic carbocycles. The molecule has 0 aliphatic heterocycles. The molecular weight excluding hydrogens is 252 g/mol. The SMILES string of the molecule is COc1ccccc1COc1ccccc1C=CC=O. The van der Waals surface area contributed by atoms with Gasteiger partial charge in [0, 0.05) is 11.1 Å². The summed E-state index contributed by atoms with van der Waals surface area (Å²) in [5.74, 6) is 1.53. The minimum Gasteiger partial charge on any atom is -0.496 e. The van der Waals surface area contributed by atoms with E-state index in [1.807, 2.05) is 48.5 Å². The molecule has 0 atom stereocenters. The van der Waals surface area contributed by atoms with Gasteiger partial charge in [0.2, 0.25) is 0 Å². The Labute approximate surface area is 118 Å². The van der Waals surface area contributed by atoms with Crippen LogP contribution in [-0.4, -0.2) is 13.4 Å². The van der Waals surface area contributed by atoms with E-state index < -0.39 is 0 Å². The maximum atomic E-state index is 10.4. The van der Waals surface area contributed by atoms with E-state index in [1.54, 1.807) is 13.2 Å². The highest BCUT2D eigenvalue weighted by molar-refractivity contribution is 5.75. The third-order valence-corrected chi connectivity index (χ3v) is 2.85. The number of rotatable bonds is 6. The molecule has 20 heavy (non-hydrogen) atoms. The predicted molar refractivity (Wildman–Crippen MR) is 78.9 cm³/mol. The summed E-state index contributed by atoms with van der Waals surface area (Å²) < 4.78 is 11.1. The topological polar surface area (TPSA) is 35.5 Å². The Balaban J connectivity index is 2.14. The lowest BCUT2D eigenvalue weighted by Crippen LogP contribution is -1.99. The van der Waals surface area contributed by atoms with Gasteiger partial charge in [-0.1, -0.05) is 36.4 Å². The molecule has 0 amide bonds. The zero-order chi connectivity index (χ0) is 14.2. The van der Waals surface area contributed by atoms with E-state index in [1.165, 1.54) is 6.08 Å². The quantitative estimate of drug-likeness (QED) is 0.594. The molecule has 3 nitrogen and oxygen atoms in total. The third-order valence-electron chi connectivity index (χ3n) is 2.85. The second-order valence-electron chi connectivity index (χ2n) is 4.13. The van der Waals surface area contributed by atoms with Crippen molar-refractivity contribution in [2.45, 2.75) is 6.61 Å². The molecule has 0 aromatic heterocycles. The van der Waals surface area contributed by atoms with Gasteiger partial charge >= 0.3 is 0 Å². The van der Waals surface area contributed by atoms with Gasteiger partial charge in [0.25, 0.3) is 0 Å². The third kappa shape index (κ3) is 3.48. The van der Waals surface area contributed by atoms with Gasteiger partial charge in [-0.25, -0.2) is 0 Å². The predicted octanol–water partition coefficient (Wildman–Crippen LogP) is 3.49. The first-order valence-electron chi connectivity index (χ1n) is 6.30. The van der Waals surface area contributed by atoms with Crippen molar-refractivity contribution < 1.29 is 14.3 Å². The van der Waals surface area contributed by atoms with Crippen molar-refractivity contribution in [3.63, 3.8) is 0 Å². The molecule has 0 spiro atoms. The number of hydrogen-bond donors (Lipinski definition) is 0. The highest BCUT2D eigenvalue weighted by Gasteiger charge is 2.04. The first-order chi connectivity index (χ1) is 9.85. The summed E-state index contributed by atoms with van der Waals surface area (Å²) >= 11 is 0. The number of ether oxygens (including phenoxy) is 2. The number of benzene rings is 2. The summed E-state index contributed by atoms with van der Waals surface area (Å²) in [5.41, 5.74) is 1.85. The molecule has 0 heterocycles. The van der Waals surface area contributed by atoms with Crippen LogP contribution in [-0.2, 0) is 11.4 Å². The summed E-state index contributed by atoms with van der Waals surface area (Å²) in [4.78, 5) is 10.4.